The van der Waals surface area contributed by atoms with Crippen molar-refractivity contribution in [1.29, 1.82) is 0 Å². The molecule has 0 fully saturated rings. The first-order valence-electron chi connectivity index (χ1n) is 9.34. The first kappa shape index (κ1) is 20.0. The number of carbonyl (C=O) groups is 1. The van der Waals surface area contributed by atoms with Crippen molar-refractivity contribution in [2.24, 2.45) is 10.7 Å². The molecule has 1 aliphatic rings. The maximum Gasteiger partial charge on any atom is 0.227 e. The minimum Gasteiger partial charge on any atom is -0.392 e. The third-order valence-electron chi connectivity index (χ3n) is 5.36. The molecule has 0 unspecified atom stereocenters. The van der Waals surface area contributed by atoms with E-state index in [0.29, 0.717) is 13.0 Å². The first-order valence-corrected chi connectivity index (χ1v) is 9.34. The molecule has 3 rings (SSSR count). The molecule has 148 valence electrons. The number of ether oxygens (including phenoxy) is 1. The molecule has 6 heteroatoms. The monoisotopic (exact) mass is 381 g/mol. The molecule has 2 aromatic carbocycles. The van der Waals surface area contributed by atoms with Crippen LogP contribution in [0.3, 0.4) is 0 Å². The lowest BCUT2D eigenvalue weighted by Gasteiger charge is -2.29. The smallest absolute Gasteiger partial charge is 0.227 e. The molecule has 0 aliphatic heterocycles. The van der Waals surface area contributed by atoms with E-state index in [9.17, 15) is 9.90 Å². The van der Waals surface area contributed by atoms with E-state index in [-0.39, 0.29) is 6.04 Å². The fourth-order valence-electron chi connectivity index (χ4n) is 3.78. The van der Waals surface area contributed by atoms with E-state index in [1.54, 1.807) is 7.11 Å². The number of likely N-dealkylation sites (N-methyl/N-ethyl adjacent to an activating group) is 1. The minimum absolute atomic E-state index is 0.0320. The van der Waals surface area contributed by atoms with Gasteiger partial charge < -0.3 is 20.5 Å². The van der Waals surface area contributed by atoms with Gasteiger partial charge in [-0.3, -0.25) is 4.79 Å². The molecular weight excluding hydrogens is 354 g/mol. The van der Waals surface area contributed by atoms with Gasteiger partial charge in [0.05, 0.1) is 30.4 Å². The number of aliphatic hydroxyl groups is 1. The van der Waals surface area contributed by atoms with E-state index in [2.05, 4.69) is 17.0 Å². The Kier molecular flexibility index (Phi) is 6.11. The van der Waals surface area contributed by atoms with Gasteiger partial charge in [-0.15, -0.1) is 0 Å². The number of nitrogens with zero attached hydrogens (tertiary/aromatic N) is 2. The summed E-state index contributed by atoms with van der Waals surface area (Å²) in [4.78, 5) is 18.6. The Bertz CT molecular complexity index is 867. The minimum atomic E-state index is -0.764. The van der Waals surface area contributed by atoms with Crippen LogP contribution in [0.2, 0.25) is 0 Å². The molecule has 0 heterocycles. The van der Waals surface area contributed by atoms with E-state index >= 15 is 0 Å². The quantitative estimate of drug-likeness (QED) is 0.595. The summed E-state index contributed by atoms with van der Waals surface area (Å²) >= 11 is 0. The molecule has 0 bridgehead atoms. The molecule has 0 spiro atoms. The number of aliphatic hydroxyl groups excluding tert-OH is 1. The summed E-state index contributed by atoms with van der Waals surface area (Å²) in [5, 5.41) is 10.1. The second-order valence-corrected chi connectivity index (χ2v) is 7.19. The highest BCUT2D eigenvalue weighted by atomic mass is 16.5. The van der Waals surface area contributed by atoms with Crippen molar-refractivity contribution in [3.8, 4) is 0 Å². The second kappa shape index (κ2) is 8.54. The summed E-state index contributed by atoms with van der Waals surface area (Å²) in [7, 11) is 3.67. The average molecular weight is 381 g/mol. The molecular formula is C22H27N3O3. The summed E-state index contributed by atoms with van der Waals surface area (Å²) in [5.41, 5.74) is 9.08. The van der Waals surface area contributed by atoms with Gasteiger partial charge in [0.15, 0.2) is 0 Å². The fraction of sp³-hybridized carbons (Fsp3) is 0.364. The van der Waals surface area contributed by atoms with Gasteiger partial charge in [-0.25, -0.2) is 4.99 Å². The Morgan fingerprint density at radius 3 is 2.68 bits per heavy atom. The van der Waals surface area contributed by atoms with Crippen LogP contribution < -0.4 is 5.73 Å². The van der Waals surface area contributed by atoms with Gasteiger partial charge in [-0.1, -0.05) is 36.4 Å². The highest BCUT2D eigenvalue weighted by Gasteiger charge is 2.35. The Hall–Kier alpha value is -2.70. The largest absolute Gasteiger partial charge is 0.392 e. The molecule has 2 aromatic rings. The van der Waals surface area contributed by atoms with Crippen molar-refractivity contribution in [2.75, 3.05) is 20.8 Å². The van der Waals surface area contributed by atoms with Crippen LogP contribution in [-0.2, 0) is 16.0 Å². The van der Waals surface area contributed by atoms with Crippen LogP contribution in [0.4, 0.5) is 5.69 Å². The topological polar surface area (TPSA) is 88.1 Å². The van der Waals surface area contributed by atoms with Crippen molar-refractivity contribution < 1.29 is 14.6 Å². The van der Waals surface area contributed by atoms with Crippen molar-refractivity contribution in [1.82, 2.24) is 4.90 Å². The van der Waals surface area contributed by atoms with Gasteiger partial charge in [0.1, 0.15) is 5.84 Å². The number of aliphatic imine (C=N–C) groups is 1. The maximum absolute atomic E-state index is 11.7. The molecule has 28 heavy (non-hydrogen) atoms. The van der Waals surface area contributed by atoms with E-state index in [4.69, 9.17) is 15.5 Å². The number of primary amides is 1. The SMILES string of the molecule is COC[C@@H](c1ccccc1)N(C)C(C)=Nc1ccc2c(c1)[C@@H](C(N)=O)[C@H](O)C2. The number of carbonyl (C=O) groups excluding carboxylic acids is 1. The Balaban J connectivity index is 1.88. The van der Waals surface area contributed by atoms with Crippen LogP contribution in [0.5, 0.6) is 0 Å². The predicted octanol–water partition coefficient (Wildman–Crippen LogP) is 2.54. The lowest BCUT2D eigenvalue weighted by atomic mass is 9.99. The third-order valence-corrected chi connectivity index (χ3v) is 5.36. The number of nitrogens with two attached hydrogens (primary N) is 1. The first-order chi connectivity index (χ1) is 13.4. The lowest BCUT2D eigenvalue weighted by Crippen LogP contribution is -2.32. The van der Waals surface area contributed by atoms with Crippen LogP contribution in [0.1, 0.15) is 35.6 Å². The summed E-state index contributed by atoms with van der Waals surface area (Å²) < 4.78 is 5.42. The molecule has 0 saturated carbocycles. The number of hydrogen-bond donors (Lipinski definition) is 2. The van der Waals surface area contributed by atoms with Crippen LogP contribution in [0.25, 0.3) is 0 Å². The summed E-state index contributed by atoms with van der Waals surface area (Å²) in [6.45, 7) is 2.48. The average Bonchev–Trinajstić information content (AvgIpc) is 3.01. The number of rotatable bonds is 6. The highest BCUT2D eigenvalue weighted by molar-refractivity contribution is 5.86. The van der Waals surface area contributed by atoms with E-state index in [1.165, 1.54) is 0 Å². The standard InChI is InChI=1S/C22H27N3O3/c1-14(25(2)19(13-28-3)15-7-5-4-6-8-15)24-17-10-9-16-11-20(26)21(22(23)27)18(16)12-17/h4-10,12,19-21,26H,11,13H2,1-3H3,(H2,23,27)/t19-,20+,21+/m0/s1. The van der Waals surface area contributed by atoms with Crippen LogP contribution in [-0.4, -0.2) is 48.6 Å². The number of amides is 1. The number of methoxy groups -OCH3 is 1. The van der Waals surface area contributed by atoms with Gasteiger partial charge in [0, 0.05) is 14.2 Å². The normalized spacial score (nSPS) is 19.9. The van der Waals surface area contributed by atoms with Crippen LogP contribution in [0, 0.1) is 0 Å². The van der Waals surface area contributed by atoms with Crippen LogP contribution in [0.15, 0.2) is 53.5 Å². The van der Waals surface area contributed by atoms with Gasteiger partial charge in [0.2, 0.25) is 5.91 Å². The zero-order valence-corrected chi connectivity index (χ0v) is 16.5. The molecule has 3 atom stereocenters. The number of fused-ring (bicyclic) bond motifs is 1. The number of hydrogen-bond acceptors (Lipinski definition) is 4. The molecule has 6 nitrogen and oxygen atoms in total. The second-order valence-electron chi connectivity index (χ2n) is 7.19. The highest BCUT2D eigenvalue weighted by Crippen LogP contribution is 2.36. The molecule has 3 N–H and O–H groups in total. The molecule has 0 radical (unpaired) electrons. The molecule has 1 amide bonds. The van der Waals surface area contributed by atoms with Gasteiger partial charge in [0.25, 0.3) is 0 Å². The van der Waals surface area contributed by atoms with Gasteiger partial charge in [-0.2, -0.15) is 0 Å². The van der Waals surface area contributed by atoms with Crippen molar-refractivity contribution in [3.63, 3.8) is 0 Å². The van der Waals surface area contributed by atoms with Gasteiger partial charge >= 0.3 is 0 Å². The van der Waals surface area contributed by atoms with E-state index in [0.717, 1.165) is 28.2 Å². The fourth-order valence-corrected chi connectivity index (χ4v) is 3.78. The Morgan fingerprint density at radius 2 is 2.04 bits per heavy atom. The van der Waals surface area contributed by atoms with Crippen molar-refractivity contribution in [2.45, 2.75) is 31.4 Å². The van der Waals surface area contributed by atoms with E-state index in [1.807, 2.05) is 50.4 Å². The molecule has 0 saturated heterocycles. The number of amidine groups is 1. The summed E-state index contributed by atoms with van der Waals surface area (Å²) in [6.07, 6.45) is -0.324. The van der Waals surface area contributed by atoms with Gasteiger partial charge in [-0.05, 0) is 42.2 Å². The Labute approximate surface area is 165 Å². The van der Waals surface area contributed by atoms with E-state index < -0.39 is 17.9 Å². The third kappa shape index (κ3) is 4.08. The lowest BCUT2D eigenvalue weighted by molar-refractivity contribution is -0.121. The number of benzene rings is 2. The molecule has 1 aliphatic carbocycles. The van der Waals surface area contributed by atoms with Crippen LogP contribution >= 0.6 is 0 Å². The maximum atomic E-state index is 11.7. The Morgan fingerprint density at radius 1 is 1.32 bits per heavy atom. The molecule has 0 aromatic heterocycles. The summed E-state index contributed by atoms with van der Waals surface area (Å²) in [6, 6.07) is 15.8. The van der Waals surface area contributed by atoms with Crippen molar-refractivity contribution in [3.05, 3.63) is 65.2 Å². The zero-order chi connectivity index (χ0) is 20.3. The zero-order valence-electron chi connectivity index (χ0n) is 16.5. The predicted molar refractivity (Wildman–Crippen MR) is 110 cm³/mol. The van der Waals surface area contributed by atoms with Crippen molar-refractivity contribution >= 4 is 17.4 Å². The summed E-state index contributed by atoms with van der Waals surface area (Å²) in [5.74, 6) is -0.362.